The van der Waals surface area contributed by atoms with Crippen molar-refractivity contribution in [3.05, 3.63) is 29.8 Å². The number of rotatable bonds is 27. The second kappa shape index (κ2) is 25.1. The van der Waals surface area contributed by atoms with Crippen LogP contribution in [0.4, 0.5) is 0 Å². The van der Waals surface area contributed by atoms with Gasteiger partial charge in [0.2, 0.25) is 47.3 Å². The lowest BCUT2D eigenvalue weighted by Crippen LogP contribution is -2.61. The number of aliphatic hydroxyl groups is 2. The third-order valence-corrected chi connectivity index (χ3v) is 8.77. The molecule has 59 heavy (non-hydrogen) atoms. The summed E-state index contributed by atoms with van der Waals surface area (Å²) in [7, 11) is 0. The summed E-state index contributed by atoms with van der Waals surface area (Å²) >= 11 is 0. The summed E-state index contributed by atoms with van der Waals surface area (Å²) < 4.78 is 0. The number of primary amides is 2. The Morgan fingerprint density at radius 2 is 1.08 bits per heavy atom. The van der Waals surface area contributed by atoms with E-state index in [2.05, 4.69) is 31.9 Å². The lowest BCUT2D eigenvalue weighted by molar-refractivity contribution is -0.142. The first-order chi connectivity index (χ1) is 27.6. The van der Waals surface area contributed by atoms with Gasteiger partial charge >= 0.3 is 11.9 Å². The van der Waals surface area contributed by atoms with Gasteiger partial charge in [-0.15, -0.1) is 0 Å². The normalized spacial score (nSPS) is 14.9. The zero-order chi connectivity index (χ0) is 45.0. The maximum atomic E-state index is 13.6. The second-order valence-electron chi connectivity index (χ2n) is 13.5. The maximum Gasteiger partial charge on any atom is 0.326 e. The van der Waals surface area contributed by atoms with Crippen LogP contribution in [0.1, 0.15) is 57.9 Å². The molecule has 0 aliphatic carbocycles. The topological polar surface area (TPSA) is 422 Å². The number of carboxylic acid groups (broad SMARTS) is 2. The molecule has 24 heteroatoms. The summed E-state index contributed by atoms with van der Waals surface area (Å²) in [6.07, 6.45) is -2.43. The van der Waals surface area contributed by atoms with Crippen LogP contribution in [-0.2, 0) is 54.4 Å². The van der Waals surface area contributed by atoms with Crippen molar-refractivity contribution in [3.8, 4) is 5.75 Å². The van der Waals surface area contributed by atoms with Gasteiger partial charge in [0, 0.05) is 19.3 Å². The smallest absolute Gasteiger partial charge is 0.326 e. The first-order valence-corrected chi connectivity index (χ1v) is 18.2. The number of nitrogens with one attached hydrogen (secondary N) is 6. The lowest BCUT2D eigenvalue weighted by Gasteiger charge is -2.29. The van der Waals surface area contributed by atoms with E-state index >= 15 is 0 Å². The Morgan fingerprint density at radius 3 is 1.54 bits per heavy atom. The molecule has 0 aliphatic heterocycles. The first-order valence-electron chi connectivity index (χ1n) is 18.2. The summed E-state index contributed by atoms with van der Waals surface area (Å²) in [5.74, 6) is -12.2. The molecule has 0 bridgehead atoms. The monoisotopic (exact) mass is 839 g/mol. The molecule has 8 amide bonds. The van der Waals surface area contributed by atoms with E-state index in [1.165, 1.54) is 31.2 Å². The van der Waals surface area contributed by atoms with E-state index in [9.17, 15) is 73.5 Å². The Balaban J connectivity index is 3.17. The number of carbonyl (C=O) groups excluding carboxylic acids is 8. The van der Waals surface area contributed by atoms with Crippen LogP contribution in [0.3, 0.4) is 0 Å². The molecule has 0 aliphatic rings. The van der Waals surface area contributed by atoms with Gasteiger partial charge in [-0.05, 0) is 36.5 Å². The van der Waals surface area contributed by atoms with E-state index in [1.807, 2.05) is 0 Å². The fraction of sp³-hybridized carbons (Fsp3) is 0.543. The number of carboxylic acids is 2. The van der Waals surface area contributed by atoms with E-state index in [4.69, 9.17) is 17.2 Å². The van der Waals surface area contributed by atoms with Gasteiger partial charge < -0.3 is 74.6 Å². The highest BCUT2D eigenvalue weighted by Crippen LogP contribution is 2.13. The summed E-state index contributed by atoms with van der Waals surface area (Å²) in [6.45, 7) is 0.952. The van der Waals surface area contributed by atoms with Gasteiger partial charge in [0.05, 0.1) is 25.7 Å². The molecule has 0 radical (unpaired) electrons. The first kappa shape index (κ1) is 50.6. The van der Waals surface area contributed by atoms with Gasteiger partial charge in [-0.3, -0.25) is 43.2 Å². The third kappa shape index (κ3) is 18.2. The summed E-state index contributed by atoms with van der Waals surface area (Å²) in [4.78, 5) is 125. The number of phenols is 1. The summed E-state index contributed by atoms with van der Waals surface area (Å²) in [6, 6.07) is -6.04. The molecule has 24 nitrogen and oxygen atoms in total. The standard InChI is InChI=1S/C35H53N9O15/c1-3-16(2)28(44-30(53)20(9-11-27(50)51)39-29(52)19(36)8-10-25(37)48)34(57)40-21(13-26(38)49)31(54)42-24(15-46)33(56)43-23(14-45)32(55)41-22(35(58)59)12-17-4-6-18(47)7-5-17/h4-7,16,19-24,28,45-47H,3,8-15,36H2,1-2H3,(H2,37,48)(H2,38,49)(H,39,52)(H,40,57)(H,41,55)(H,42,54)(H,43,56)(H,44,53)(H,50,51)(H,58,59)/t16-,19-,20-,21-,22-,23-,24-,28-/m0/s1. The lowest BCUT2D eigenvalue weighted by atomic mass is 9.96. The van der Waals surface area contributed by atoms with Gasteiger partial charge in [-0.2, -0.15) is 0 Å². The highest BCUT2D eigenvalue weighted by atomic mass is 16.4. The van der Waals surface area contributed by atoms with Crippen LogP contribution >= 0.6 is 0 Å². The average molecular weight is 840 g/mol. The molecule has 0 fully saturated rings. The van der Waals surface area contributed by atoms with Crippen molar-refractivity contribution >= 4 is 59.2 Å². The fourth-order valence-corrected chi connectivity index (χ4v) is 5.14. The van der Waals surface area contributed by atoms with Crippen LogP contribution in [-0.4, -0.2) is 140 Å². The Hall–Kier alpha value is -6.40. The Labute approximate surface area is 337 Å². The van der Waals surface area contributed by atoms with Gasteiger partial charge in [-0.1, -0.05) is 32.4 Å². The van der Waals surface area contributed by atoms with Crippen molar-refractivity contribution < 1.29 is 73.5 Å². The predicted molar refractivity (Wildman–Crippen MR) is 202 cm³/mol. The van der Waals surface area contributed by atoms with Crippen molar-refractivity contribution in [2.24, 2.45) is 23.1 Å². The third-order valence-electron chi connectivity index (χ3n) is 8.77. The molecule has 0 saturated carbocycles. The molecule has 0 aromatic heterocycles. The molecular weight excluding hydrogens is 786 g/mol. The zero-order valence-electron chi connectivity index (χ0n) is 32.3. The van der Waals surface area contributed by atoms with Gasteiger partial charge in [0.1, 0.15) is 42.0 Å². The number of aliphatic hydroxyl groups excluding tert-OH is 2. The largest absolute Gasteiger partial charge is 0.508 e. The predicted octanol–water partition coefficient (Wildman–Crippen LogP) is -5.71. The van der Waals surface area contributed by atoms with Crippen molar-refractivity contribution in [3.63, 3.8) is 0 Å². The van der Waals surface area contributed by atoms with Crippen LogP contribution < -0.4 is 49.1 Å². The van der Waals surface area contributed by atoms with Crippen LogP contribution in [0.15, 0.2) is 24.3 Å². The average Bonchev–Trinajstić information content (AvgIpc) is 3.17. The van der Waals surface area contributed by atoms with Crippen molar-refractivity contribution in [2.75, 3.05) is 13.2 Å². The number of nitrogens with two attached hydrogens (primary N) is 3. The molecule has 1 aromatic rings. The SMILES string of the molecule is CC[C@H](C)[C@H](NC(=O)[C@H](CCC(=O)O)NC(=O)[C@@H](N)CCC(N)=O)C(=O)N[C@@H](CC(N)=O)C(=O)N[C@@H](CO)C(=O)N[C@@H](CO)C(=O)N[C@@H](Cc1ccc(O)cc1)C(=O)O. The van der Waals surface area contributed by atoms with E-state index < -0.39 is 140 Å². The Bertz CT molecular complexity index is 1680. The molecule has 328 valence electrons. The number of carbonyl (C=O) groups is 10. The van der Waals surface area contributed by atoms with E-state index in [1.54, 1.807) is 6.92 Å². The number of benzene rings is 1. The molecule has 0 heterocycles. The van der Waals surface area contributed by atoms with E-state index in [-0.39, 0.29) is 31.4 Å². The number of aliphatic carboxylic acids is 2. The van der Waals surface area contributed by atoms with Crippen LogP contribution in [0.25, 0.3) is 0 Å². The second-order valence-corrected chi connectivity index (χ2v) is 13.5. The summed E-state index contributed by atoms with van der Waals surface area (Å²) in [5, 5.41) is 61.2. The van der Waals surface area contributed by atoms with Crippen LogP contribution in [0.2, 0.25) is 0 Å². The zero-order valence-corrected chi connectivity index (χ0v) is 32.3. The quantitative estimate of drug-likeness (QED) is 0.0392. The molecule has 1 rings (SSSR count). The number of amides is 8. The van der Waals surface area contributed by atoms with E-state index in [0.29, 0.717) is 5.56 Å². The minimum absolute atomic E-state index is 0.0905. The number of hydrogen-bond donors (Lipinski definition) is 14. The van der Waals surface area contributed by atoms with Gasteiger partial charge in [0.25, 0.3) is 0 Å². The molecule has 8 atom stereocenters. The molecule has 17 N–H and O–H groups in total. The molecule has 0 unspecified atom stereocenters. The highest BCUT2D eigenvalue weighted by molar-refractivity contribution is 5.98. The van der Waals surface area contributed by atoms with Gasteiger partial charge in [0.15, 0.2) is 0 Å². The number of phenolic OH excluding ortho intramolecular Hbond substituents is 1. The van der Waals surface area contributed by atoms with Crippen molar-refractivity contribution in [2.45, 2.75) is 101 Å². The van der Waals surface area contributed by atoms with Crippen LogP contribution in [0, 0.1) is 5.92 Å². The Kier molecular flexibility index (Phi) is 21.5. The molecule has 0 saturated heterocycles. The molecule has 1 aromatic carbocycles. The van der Waals surface area contributed by atoms with Gasteiger partial charge in [-0.25, -0.2) is 4.79 Å². The number of aromatic hydroxyl groups is 1. The fourth-order valence-electron chi connectivity index (χ4n) is 5.14. The molecule has 0 spiro atoms. The summed E-state index contributed by atoms with van der Waals surface area (Å²) in [5.41, 5.74) is 16.5. The van der Waals surface area contributed by atoms with Crippen LogP contribution in [0.5, 0.6) is 5.75 Å². The molecular formula is C35H53N9O15. The van der Waals surface area contributed by atoms with Crippen molar-refractivity contribution in [1.82, 2.24) is 31.9 Å². The maximum absolute atomic E-state index is 13.6. The highest BCUT2D eigenvalue weighted by Gasteiger charge is 2.35. The number of hydrogen-bond acceptors (Lipinski definition) is 14. The minimum Gasteiger partial charge on any atom is -0.508 e. The minimum atomic E-state index is -1.89. The Morgan fingerprint density at radius 1 is 0.610 bits per heavy atom. The van der Waals surface area contributed by atoms with Crippen molar-refractivity contribution in [1.29, 1.82) is 0 Å². The van der Waals surface area contributed by atoms with E-state index in [0.717, 1.165) is 0 Å².